The van der Waals surface area contributed by atoms with Gasteiger partial charge in [-0.2, -0.15) is 0 Å². The van der Waals surface area contributed by atoms with E-state index in [0.717, 1.165) is 17.7 Å². The van der Waals surface area contributed by atoms with Crippen molar-refractivity contribution < 1.29 is 14.3 Å². The van der Waals surface area contributed by atoms with E-state index in [9.17, 15) is 4.79 Å². The minimum atomic E-state index is -0.303. The molecule has 0 spiro atoms. The van der Waals surface area contributed by atoms with Crippen molar-refractivity contribution >= 4 is 11.7 Å². The fourth-order valence-corrected chi connectivity index (χ4v) is 2.83. The predicted molar refractivity (Wildman–Crippen MR) is 100 cm³/mol. The molecule has 2 aromatic carbocycles. The van der Waals surface area contributed by atoms with Crippen molar-refractivity contribution in [2.24, 2.45) is 0 Å². The summed E-state index contributed by atoms with van der Waals surface area (Å²) in [7, 11) is 0. The van der Waals surface area contributed by atoms with Crippen molar-refractivity contribution in [3.05, 3.63) is 72.6 Å². The molecule has 7 heteroatoms. The Bertz CT molecular complexity index is 908. The molecule has 0 aliphatic carbocycles. The van der Waals surface area contributed by atoms with Crippen LogP contribution in [0.15, 0.2) is 67.0 Å². The molecule has 0 fully saturated rings. The predicted octanol–water partition coefficient (Wildman–Crippen LogP) is 3.39. The largest absolute Gasteiger partial charge is 0.488 e. The van der Waals surface area contributed by atoms with Gasteiger partial charge in [0.05, 0.1) is 6.54 Å². The highest BCUT2D eigenvalue weighted by molar-refractivity contribution is 5.89. The summed E-state index contributed by atoms with van der Waals surface area (Å²) in [5.41, 5.74) is 1.77. The Morgan fingerprint density at radius 2 is 1.96 bits per heavy atom. The third-order valence-corrected chi connectivity index (χ3v) is 4.05. The van der Waals surface area contributed by atoms with E-state index in [-0.39, 0.29) is 18.1 Å². The van der Waals surface area contributed by atoms with Gasteiger partial charge in [-0.3, -0.25) is 0 Å². The molecule has 0 saturated carbocycles. The summed E-state index contributed by atoms with van der Waals surface area (Å²) in [5, 5.41) is 5.62. The summed E-state index contributed by atoms with van der Waals surface area (Å²) >= 11 is 0. The van der Waals surface area contributed by atoms with E-state index in [1.165, 1.54) is 0 Å². The normalized spacial score (nSPS) is 14.7. The molecule has 1 aliphatic rings. The molecule has 27 heavy (non-hydrogen) atoms. The summed E-state index contributed by atoms with van der Waals surface area (Å²) in [5.74, 6) is 1.42. The van der Waals surface area contributed by atoms with Gasteiger partial charge in [0, 0.05) is 30.6 Å². The van der Waals surface area contributed by atoms with E-state index in [1.807, 2.05) is 24.3 Å². The molecule has 1 aromatic heterocycles. The lowest BCUT2D eigenvalue weighted by Crippen LogP contribution is -2.37. The van der Waals surface area contributed by atoms with Crippen molar-refractivity contribution in [3.8, 4) is 17.5 Å². The summed E-state index contributed by atoms with van der Waals surface area (Å²) in [6, 6.07) is 16.6. The number of carbonyl (C=O) groups excluding carboxylic acids is 1. The van der Waals surface area contributed by atoms with Gasteiger partial charge in [-0.25, -0.2) is 14.8 Å². The van der Waals surface area contributed by atoms with Gasteiger partial charge in [-0.05, 0) is 29.8 Å². The second-order valence-electron chi connectivity index (χ2n) is 6.05. The summed E-state index contributed by atoms with van der Waals surface area (Å²) in [6.07, 6.45) is 3.93. The standard InChI is InChI=1S/C20H18N4O3/c25-19(23-13-17-11-14-5-1-2-8-18(14)26-17)24-15-6-3-7-16(12-15)27-20-21-9-4-10-22-20/h1-10,12,17H,11,13H2,(H2,23,24,25). The van der Waals surface area contributed by atoms with Gasteiger partial charge in [-0.15, -0.1) is 0 Å². The Labute approximate surface area is 156 Å². The zero-order valence-corrected chi connectivity index (χ0v) is 14.5. The molecule has 4 rings (SSSR count). The lowest BCUT2D eigenvalue weighted by Gasteiger charge is -2.13. The van der Waals surface area contributed by atoms with E-state index in [0.29, 0.717) is 18.0 Å². The van der Waals surface area contributed by atoms with Crippen LogP contribution in [0.3, 0.4) is 0 Å². The van der Waals surface area contributed by atoms with Crippen molar-refractivity contribution in [2.75, 3.05) is 11.9 Å². The molecule has 2 heterocycles. The number of fused-ring (bicyclic) bond motifs is 1. The van der Waals surface area contributed by atoms with E-state index in [1.54, 1.807) is 42.7 Å². The number of nitrogens with zero attached hydrogens (tertiary/aromatic N) is 2. The van der Waals surface area contributed by atoms with E-state index < -0.39 is 0 Å². The number of benzene rings is 2. The maximum atomic E-state index is 12.2. The van der Waals surface area contributed by atoms with Gasteiger partial charge >= 0.3 is 12.0 Å². The first-order valence-corrected chi connectivity index (χ1v) is 8.60. The van der Waals surface area contributed by atoms with Gasteiger partial charge in [0.15, 0.2) is 0 Å². The fourth-order valence-electron chi connectivity index (χ4n) is 2.83. The minimum absolute atomic E-state index is 0.0574. The highest BCUT2D eigenvalue weighted by Gasteiger charge is 2.22. The summed E-state index contributed by atoms with van der Waals surface area (Å²) in [6.45, 7) is 0.425. The van der Waals surface area contributed by atoms with Crippen LogP contribution in [-0.4, -0.2) is 28.6 Å². The van der Waals surface area contributed by atoms with Gasteiger partial charge in [0.25, 0.3) is 0 Å². The zero-order valence-electron chi connectivity index (χ0n) is 14.5. The number of urea groups is 1. The first-order chi connectivity index (χ1) is 13.3. The Hall–Kier alpha value is -3.61. The van der Waals surface area contributed by atoms with Crippen molar-refractivity contribution in [1.82, 2.24) is 15.3 Å². The molecule has 136 valence electrons. The van der Waals surface area contributed by atoms with Crippen LogP contribution < -0.4 is 20.1 Å². The smallest absolute Gasteiger partial charge is 0.321 e. The number of rotatable bonds is 5. The van der Waals surface area contributed by atoms with Crippen LogP contribution in [0, 0.1) is 0 Å². The number of amides is 2. The molecule has 1 atom stereocenters. The highest BCUT2D eigenvalue weighted by atomic mass is 16.5. The van der Waals surface area contributed by atoms with Gasteiger partial charge in [0.1, 0.15) is 17.6 Å². The van der Waals surface area contributed by atoms with Crippen LogP contribution in [0.5, 0.6) is 17.5 Å². The third-order valence-electron chi connectivity index (χ3n) is 4.05. The fraction of sp³-hybridized carbons (Fsp3) is 0.150. The first kappa shape index (κ1) is 16.8. The van der Waals surface area contributed by atoms with Crippen LogP contribution in [0.1, 0.15) is 5.56 Å². The van der Waals surface area contributed by atoms with Crippen LogP contribution in [-0.2, 0) is 6.42 Å². The molecule has 0 saturated heterocycles. The molecule has 2 N–H and O–H groups in total. The lowest BCUT2D eigenvalue weighted by molar-refractivity contribution is 0.219. The van der Waals surface area contributed by atoms with E-state index in [2.05, 4.69) is 20.6 Å². The monoisotopic (exact) mass is 362 g/mol. The number of nitrogens with one attached hydrogen (secondary N) is 2. The van der Waals surface area contributed by atoms with Crippen molar-refractivity contribution in [2.45, 2.75) is 12.5 Å². The maximum Gasteiger partial charge on any atom is 0.321 e. The molecular formula is C20H18N4O3. The number of carbonyl (C=O) groups is 1. The number of para-hydroxylation sites is 1. The molecule has 0 radical (unpaired) electrons. The van der Waals surface area contributed by atoms with Crippen LogP contribution in [0.4, 0.5) is 10.5 Å². The minimum Gasteiger partial charge on any atom is -0.488 e. The topological polar surface area (TPSA) is 85.4 Å². The number of hydrogen-bond donors (Lipinski definition) is 2. The molecular weight excluding hydrogens is 344 g/mol. The molecule has 3 aromatic rings. The zero-order chi connectivity index (χ0) is 18.5. The van der Waals surface area contributed by atoms with Crippen molar-refractivity contribution in [1.29, 1.82) is 0 Å². The van der Waals surface area contributed by atoms with E-state index >= 15 is 0 Å². The van der Waals surface area contributed by atoms with Gasteiger partial charge in [-0.1, -0.05) is 24.3 Å². The maximum absolute atomic E-state index is 12.2. The quantitative estimate of drug-likeness (QED) is 0.727. The van der Waals surface area contributed by atoms with Gasteiger partial charge < -0.3 is 20.1 Å². The van der Waals surface area contributed by atoms with Gasteiger partial charge in [0.2, 0.25) is 0 Å². The first-order valence-electron chi connectivity index (χ1n) is 8.60. The Morgan fingerprint density at radius 3 is 2.81 bits per heavy atom. The number of anilines is 1. The second-order valence-corrected chi connectivity index (χ2v) is 6.05. The Kier molecular flexibility index (Phi) is 4.82. The molecule has 1 aliphatic heterocycles. The average molecular weight is 362 g/mol. The number of aromatic nitrogens is 2. The molecule has 1 unspecified atom stereocenters. The van der Waals surface area contributed by atoms with E-state index in [4.69, 9.17) is 9.47 Å². The van der Waals surface area contributed by atoms with Crippen LogP contribution in [0.25, 0.3) is 0 Å². The van der Waals surface area contributed by atoms with Crippen LogP contribution >= 0.6 is 0 Å². The number of ether oxygens (including phenoxy) is 2. The summed E-state index contributed by atoms with van der Waals surface area (Å²) < 4.78 is 11.4. The van der Waals surface area contributed by atoms with Crippen LogP contribution in [0.2, 0.25) is 0 Å². The third kappa shape index (κ3) is 4.33. The molecule has 7 nitrogen and oxygen atoms in total. The average Bonchev–Trinajstić information content (AvgIpc) is 3.11. The van der Waals surface area contributed by atoms with Crippen molar-refractivity contribution in [3.63, 3.8) is 0 Å². The molecule has 2 amide bonds. The molecule has 0 bridgehead atoms. The highest BCUT2D eigenvalue weighted by Crippen LogP contribution is 2.27. The number of hydrogen-bond acceptors (Lipinski definition) is 5. The lowest BCUT2D eigenvalue weighted by atomic mass is 10.1. The summed E-state index contributed by atoms with van der Waals surface area (Å²) in [4.78, 5) is 20.2. The Balaban J connectivity index is 1.29. The second kappa shape index (κ2) is 7.74. The Morgan fingerprint density at radius 1 is 1.11 bits per heavy atom. The SMILES string of the molecule is O=C(NCC1Cc2ccccc2O1)Nc1cccc(Oc2ncccn2)c1.